The van der Waals surface area contributed by atoms with E-state index in [-0.39, 0.29) is 39.3 Å². The second kappa shape index (κ2) is 8.08. The van der Waals surface area contributed by atoms with Crippen molar-refractivity contribution in [3.8, 4) is 5.75 Å². The second-order valence-corrected chi connectivity index (χ2v) is 7.39. The Morgan fingerprint density at radius 1 is 1.23 bits per heavy atom. The van der Waals surface area contributed by atoms with Gasteiger partial charge in [0.1, 0.15) is 5.58 Å². The Balaban J connectivity index is 2.25. The van der Waals surface area contributed by atoms with E-state index < -0.39 is 17.6 Å². The van der Waals surface area contributed by atoms with Crippen LogP contribution in [0.2, 0.25) is 5.02 Å². The third-order valence-electron chi connectivity index (χ3n) is 4.56. The molecule has 3 rings (SSSR count). The molecule has 1 heterocycles. The summed E-state index contributed by atoms with van der Waals surface area (Å²) in [6.45, 7) is 1.57. The van der Waals surface area contributed by atoms with Crippen LogP contribution in [0.1, 0.15) is 27.0 Å². The molecular formula is C21H20ClN3O5. The van der Waals surface area contributed by atoms with Gasteiger partial charge in [-0.25, -0.2) is 9.59 Å². The van der Waals surface area contributed by atoms with E-state index >= 15 is 0 Å². The van der Waals surface area contributed by atoms with Gasteiger partial charge in [0.15, 0.2) is 5.75 Å². The molecule has 30 heavy (non-hydrogen) atoms. The molecule has 0 fully saturated rings. The van der Waals surface area contributed by atoms with Crippen LogP contribution in [0.25, 0.3) is 11.0 Å². The average Bonchev–Trinajstić information content (AvgIpc) is 2.66. The molecule has 0 aliphatic rings. The van der Waals surface area contributed by atoms with Gasteiger partial charge in [-0.3, -0.25) is 4.79 Å². The first kappa shape index (κ1) is 21.2. The maximum Gasteiger partial charge on any atom is 0.414 e. The van der Waals surface area contributed by atoms with Crippen LogP contribution >= 0.6 is 11.6 Å². The van der Waals surface area contributed by atoms with Crippen molar-refractivity contribution in [2.75, 3.05) is 19.8 Å². The van der Waals surface area contributed by atoms with E-state index in [2.05, 4.69) is 0 Å². The third kappa shape index (κ3) is 3.95. The van der Waals surface area contributed by atoms with E-state index in [1.165, 1.54) is 25.1 Å². The van der Waals surface area contributed by atoms with Crippen molar-refractivity contribution in [1.82, 2.24) is 4.90 Å². The zero-order valence-corrected chi connectivity index (χ0v) is 17.4. The molecule has 4 N–H and O–H groups in total. The second-order valence-electron chi connectivity index (χ2n) is 6.98. The van der Waals surface area contributed by atoms with Crippen LogP contribution in [-0.4, -0.2) is 31.0 Å². The maximum absolute atomic E-state index is 12.8. The predicted molar refractivity (Wildman–Crippen MR) is 114 cm³/mol. The molecule has 0 unspecified atom stereocenters. The lowest BCUT2D eigenvalue weighted by Crippen LogP contribution is -2.26. The Morgan fingerprint density at radius 3 is 2.53 bits per heavy atom. The quantitative estimate of drug-likeness (QED) is 0.484. The molecule has 9 heteroatoms. The minimum atomic E-state index is -0.805. The van der Waals surface area contributed by atoms with Crippen LogP contribution in [0.3, 0.4) is 0 Å². The molecule has 0 aliphatic carbocycles. The van der Waals surface area contributed by atoms with E-state index in [1.807, 2.05) is 0 Å². The van der Waals surface area contributed by atoms with Crippen molar-refractivity contribution < 1.29 is 18.7 Å². The molecule has 0 saturated heterocycles. The highest BCUT2D eigenvalue weighted by Gasteiger charge is 2.24. The lowest BCUT2D eigenvalue weighted by atomic mass is 9.96. The SMILES string of the molecule is Cc1c(OC(=O)N(C)C)c(Cl)cc2c(C(N)=O)c(Cc3cccc(N)c3)c(=O)oc12. The molecule has 8 nitrogen and oxygen atoms in total. The van der Waals surface area contributed by atoms with Gasteiger partial charge >= 0.3 is 11.7 Å². The van der Waals surface area contributed by atoms with Crippen LogP contribution in [0, 0.1) is 6.92 Å². The van der Waals surface area contributed by atoms with Gasteiger partial charge in [-0.2, -0.15) is 0 Å². The number of primary amides is 1. The van der Waals surface area contributed by atoms with Crippen LogP contribution in [-0.2, 0) is 6.42 Å². The molecule has 0 radical (unpaired) electrons. The molecule has 0 saturated carbocycles. The number of nitrogens with two attached hydrogens (primary N) is 2. The maximum atomic E-state index is 12.8. The number of rotatable bonds is 4. The number of nitrogen functional groups attached to an aromatic ring is 1. The third-order valence-corrected chi connectivity index (χ3v) is 4.84. The van der Waals surface area contributed by atoms with Gasteiger partial charge in [0.25, 0.3) is 0 Å². The highest BCUT2D eigenvalue weighted by Crippen LogP contribution is 2.37. The monoisotopic (exact) mass is 429 g/mol. The topological polar surface area (TPSA) is 129 Å². The number of aryl methyl sites for hydroxylation is 1. The molecule has 0 spiro atoms. The first-order valence-electron chi connectivity index (χ1n) is 8.92. The fourth-order valence-corrected chi connectivity index (χ4v) is 3.42. The minimum Gasteiger partial charge on any atom is -0.422 e. The van der Waals surface area contributed by atoms with Gasteiger partial charge in [0.2, 0.25) is 5.91 Å². The van der Waals surface area contributed by atoms with E-state index in [4.69, 9.17) is 32.2 Å². The number of halogens is 1. The Morgan fingerprint density at radius 2 is 1.93 bits per heavy atom. The first-order chi connectivity index (χ1) is 14.1. The first-order valence-corrected chi connectivity index (χ1v) is 9.30. The summed E-state index contributed by atoms with van der Waals surface area (Å²) in [5.41, 5.74) is 12.4. The number of carbonyl (C=O) groups excluding carboxylic acids is 2. The van der Waals surface area contributed by atoms with Gasteiger partial charge in [0, 0.05) is 37.2 Å². The molecule has 3 aromatic rings. The summed E-state index contributed by atoms with van der Waals surface area (Å²) in [6, 6.07) is 8.31. The highest BCUT2D eigenvalue weighted by atomic mass is 35.5. The average molecular weight is 430 g/mol. The van der Waals surface area contributed by atoms with Crippen LogP contribution in [0.15, 0.2) is 39.5 Å². The summed E-state index contributed by atoms with van der Waals surface area (Å²) in [5.74, 6) is -0.773. The highest BCUT2D eigenvalue weighted by molar-refractivity contribution is 6.33. The zero-order valence-electron chi connectivity index (χ0n) is 16.6. The number of ether oxygens (including phenoxy) is 1. The minimum absolute atomic E-state index is 0.000777. The summed E-state index contributed by atoms with van der Waals surface area (Å²) in [7, 11) is 3.03. The Hall–Kier alpha value is -3.52. The molecule has 2 amide bonds. The number of benzene rings is 2. The number of fused-ring (bicyclic) bond motifs is 1. The summed E-state index contributed by atoms with van der Waals surface area (Å²) >= 11 is 6.32. The summed E-state index contributed by atoms with van der Waals surface area (Å²) in [4.78, 5) is 38.2. The molecule has 156 valence electrons. The summed E-state index contributed by atoms with van der Waals surface area (Å²) in [6.07, 6.45) is -0.564. The van der Waals surface area contributed by atoms with E-state index in [0.29, 0.717) is 16.8 Å². The van der Waals surface area contributed by atoms with Crippen molar-refractivity contribution in [1.29, 1.82) is 0 Å². The number of amides is 2. The van der Waals surface area contributed by atoms with Crippen molar-refractivity contribution in [2.45, 2.75) is 13.3 Å². The van der Waals surface area contributed by atoms with E-state index in [1.54, 1.807) is 31.2 Å². The fraction of sp³-hybridized carbons (Fsp3) is 0.190. The van der Waals surface area contributed by atoms with E-state index in [0.717, 1.165) is 0 Å². The summed E-state index contributed by atoms with van der Waals surface area (Å²) in [5, 5.41) is 0.328. The molecular weight excluding hydrogens is 410 g/mol. The normalized spacial score (nSPS) is 10.8. The largest absolute Gasteiger partial charge is 0.422 e. The lowest BCUT2D eigenvalue weighted by molar-refractivity contribution is 0.1000. The number of nitrogens with zero attached hydrogens (tertiary/aromatic N) is 1. The molecule has 0 bridgehead atoms. The number of anilines is 1. The molecule has 0 atom stereocenters. The van der Waals surface area contributed by atoms with Gasteiger partial charge in [-0.05, 0) is 30.7 Å². The molecule has 2 aromatic carbocycles. The van der Waals surface area contributed by atoms with Crippen molar-refractivity contribution >= 4 is 40.3 Å². The Bertz CT molecular complexity index is 1230. The van der Waals surface area contributed by atoms with Crippen molar-refractivity contribution in [3.05, 3.63) is 68.0 Å². The predicted octanol–water partition coefficient (Wildman–Crippen LogP) is 3.09. The number of carbonyl (C=O) groups is 2. The number of hydrogen-bond acceptors (Lipinski definition) is 6. The van der Waals surface area contributed by atoms with Gasteiger partial charge in [-0.15, -0.1) is 0 Å². The van der Waals surface area contributed by atoms with Gasteiger partial charge < -0.3 is 25.5 Å². The van der Waals surface area contributed by atoms with Crippen LogP contribution in [0.5, 0.6) is 5.75 Å². The standard InChI is InChI=1S/C21H20ClN3O5/c1-10-17-13(9-15(22)18(10)30-21(28)25(2)3)16(19(24)26)14(20(27)29-17)8-11-5-4-6-12(23)7-11/h4-7,9H,8,23H2,1-3H3,(H2,24,26). The zero-order chi connectivity index (χ0) is 22.2. The Kier molecular flexibility index (Phi) is 5.71. The van der Waals surface area contributed by atoms with Crippen molar-refractivity contribution in [3.63, 3.8) is 0 Å². The summed E-state index contributed by atoms with van der Waals surface area (Å²) < 4.78 is 10.8. The van der Waals surface area contributed by atoms with Crippen LogP contribution in [0.4, 0.5) is 10.5 Å². The Labute approximate surface area is 177 Å². The van der Waals surface area contributed by atoms with Crippen LogP contribution < -0.4 is 21.8 Å². The lowest BCUT2D eigenvalue weighted by Gasteiger charge is -2.16. The van der Waals surface area contributed by atoms with Crippen molar-refractivity contribution in [2.24, 2.45) is 5.73 Å². The van der Waals surface area contributed by atoms with E-state index in [9.17, 15) is 14.4 Å². The van der Waals surface area contributed by atoms with Gasteiger partial charge in [-0.1, -0.05) is 23.7 Å². The molecule has 0 aliphatic heterocycles. The smallest absolute Gasteiger partial charge is 0.414 e. The number of hydrogen-bond donors (Lipinski definition) is 2. The fourth-order valence-electron chi connectivity index (χ4n) is 3.13. The molecule has 1 aromatic heterocycles. The van der Waals surface area contributed by atoms with Gasteiger partial charge in [0.05, 0.1) is 16.1 Å².